The maximum Gasteiger partial charge on any atom is 0.198 e. The van der Waals surface area contributed by atoms with Gasteiger partial charge in [-0.3, -0.25) is 9.97 Å². The summed E-state index contributed by atoms with van der Waals surface area (Å²) in [5.74, 6) is 0. The summed E-state index contributed by atoms with van der Waals surface area (Å²) in [6.45, 7) is 0. The van der Waals surface area contributed by atoms with Gasteiger partial charge >= 0.3 is 0 Å². The highest BCUT2D eigenvalue weighted by Crippen LogP contribution is 2.15. The first-order valence-corrected chi connectivity index (χ1v) is 11.3. The van der Waals surface area contributed by atoms with Gasteiger partial charge in [-0.1, -0.05) is 0 Å². The van der Waals surface area contributed by atoms with Crippen LogP contribution < -0.4 is 0 Å². The number of aromatic nitrogens is 10. The van der Waals surface area contributed by atoms with Crippen molar-refractivity contribution in [3.05, 3.63) is 69.7 Å². The van der Waals surface area contributed by atoms with Crippen LogP contribution in [0.25, 0.3) is 33.2 Å². The lowest BCUT2D eigenvalue weighted by atomic mass is 10.3. The summed E-state index contributed by atoms with van der Waals surface area (Å²) < 4.78 is 4.13. The molecular weight excluding hydrogens is 608 g/mol. The maximum absolute atomic E-state index is 4.17. The van der Waals surface area contributed by atoms with Crippen LogP contribution in [-0.2, 0) is 7.05 Å². The number of nitrogens with one attached hydrogen (secondary N) is 1. The van der Waals surface area contributed by atoms with Crippen molar-refractivity contribution in [2.45, 2.75) is 0 Å². The summed E-state index contributed by atoms with van der Waals surface area (Å²) in [6, 6.07) is 3.96. The van der Waals surface area contributed by atoms with Gasteiger partial charge in [0.1, 0.15) is 17.4 Å². The van der Waals surface area contributed by atoms with Crippen LogP contribution in [0.15, 0.2) is 69.7 Å². The fourth-order valence-electron chi connectivity index (χ4n) is 2.57. The van der Waals surface area contributed by atoms with Gasteiger partial charge in [0.25, 0.3) is 0 Å². The highest BCUT2D eigenvalue weighted by Gasteiger charge is 2.00. The number of nitrogens with zero attached hydrogens (tertiary/aromatic N) is 9. The SMILES string of the molecule is Brc1cnc2cnccc2c1.Brc1nc2ncncc2[nH]1.Cn1cnc2nc(Br)ncc21. The molecule has 0 saturated carbocycles. The second-order valence-electron chi connectivity index (χ2n) is 6.21. The van der Waals surface area contributed by atoms with Crippen molar-refractivity contribution in [3.8, 4) is 0 Å². The molecule has 0 aliphatic heterocycles. The van der Waals surface area contributed by atoms with E-state index in [9.17, 15) is 0 Å². The summed E-state index contributed by atoms with van der Waals surface area (Å²) in [6.07, 6.45) is 11.9. The van der Waals surface area contributed by atoms with Gasteiger partial charge in [0, 0.05) is 29.3 Å². The molecule has 0 aliphatic carbocycles. The van der Waals surface area contributed by atoms with Gasteiger partial charge < -0.3 is 9.55 Å². The highest BCUT2D eigenvalue weighted by molar-refractivity contribution is 9.11. The van der Waals surface area contributed by atoms with E-state index in [4.69, 9.17) is 0 Å². The first kappa shape index (κ1) is 22.3. The predicted molar refractivity (Wildman–Crippen MR) is 131 cm³/mol. The Morgan fingerprint density at radius 3 is 2.59 bits per heavy atom. The molecule has 0 aromatic carbocycles. The molecule has 6 aromatic heterocycles. The zero-order chi connectivity index (χ0) is 22.5. The predicted octanol–water partition coefficient (Wildman–Crippen LogP) is 4.63. The number of aromatic amines is 1. The van der Waals surface area contributed by atoms with Crippen molar-refractivity contribution in [1.82, 2.24) is 49.4 Å². The molecule has 0 bridgehead atoms. The molecule has 0 unspecified atom stereocenters. The zero-order valence-corrected chi connectivity index (χ0v) is 21.1. The van der Waals surface area contributed by atoms with E-state index in [1.54, 1.807) is 37.3 Å². The number of imidazole rings is 2. The van der Waals surface area contributed by atoms with E-state index < -0.39 is 0 Å². The molecule has 6 rings (SSSR count). The molecule has 0 saturated heterocycles. The number of aryl methyl sites for hydroxylation is 1. The van der Waals surface area contributed by atoms with Crippen molar-refractivity contribution >= 4 is 81.0 Å². The monoisotopic (exact) mass is 618 g/mol. The number of H-pyrrole nitrogens is 1. The quantitative estimate of drug-likeness (QED) is 0.193. The number of pyridine rings is 2. The van der Waals surface area contributed by atoms with Crippen LogP contribution in [0.2, 0.25) is 0 Å². The third-order valence-corrected chi connectivity index (χ3v) is 5.23. The second-order valence-corrected chi connectivity index (χ2v) is 8.59. The molecule has 0 fully saturated rings. The maximum atomic E-state index is 4.17. The third-order valence-electron chi connectivity index (χ3n) is 4.04. The largest absolute Gasteiger partial charge is 0.331 e. The second kappa shape index (κ2) is 10.1. The van der Waals surface area contributed by atoms with E-state index in [-0.39, 0.29) is 0 Å². The summed E-state index contributed by atoms with van der Waals surface area (Å²) in [4.78, 5) is 35.0. The normalized spacial score (nSPS) is 10.5. The number of halogens is 3. The van der Waals surface area contributed by atoms with E-state index >= 15 is 0 Å². The van der Waals surface area contributed by atoms with Gasteiger partial charge in [-0.2, -0.15) is 0 Å². The van der Waals surface area contributed by atoms with Crippen LogP contribution in [0.5, 0.6) is 0 Å². The number of fused-ring (bicyclic) bond motifs is 3. The lowest BCUT2D eigenvalue weighted by Crippen LogP contribution is -1.87. The van der Waals surface area contributed by atoms with Gasteiger partial charge in [0.2, 0.25) is 0 Å². The summed E-state index contributed by atoms with van der Waals surface area (Å²) in [7, 11) is 1.91. The lowest BCUT2D eigenvalue weighted by molar-refractivity contribution is 0.944. The zero-order valence-electron chi connectivity index (χ0n) is 16.4. The molecule has 6 heterocycles. The molecule has 32 heavy (non-hydrogen) atoms. The Morgan fingerprint density at radius 2 is 1.75 bits per heavy atom. The van der Waals surface area contributed by atoms with Gasteiger partial charge in [-0.15, -0.1) is 0 Å². The van der Waals surface area contributed by atoms with Crippen LogP contribution >= 0.6 is 47.8 Å². The molecule has 6 aromatic rings. The molecule has 13 heteroatoms. The average molecular weight is 621 g/mol. The molecule has 1 N–H and O–H groups in total. The highest BCUT2D eigenvalue weighted by atomic mass is 79.9. The molecule has 0 aliphatic rings. The first-order chi connectivity index (χ1) is 15.5. The summed E-state index contributed by atoms with van der Waals surface area (Å²) in [5.41, 5.74) is 4.11. The van der Waals surface area contributed by atoms with Crippen LogP contribution in [0.1, 0.15) is 0 Å². The number of rotatable bonds is 0. The molecule has 160 valence electrons. The Kier molecular flexibility index (Phi) is 7.07. The van der Waals surface area contributed by atoms with E-state index in [1.807, 2.05) is 23.7 Å². The summed E-state index contributed by atoms with van der Waals surface area (Å²) >= 11 is 9.71. The minimum atomic E-state index is 0.573. The number of hydrogen-bond donors (Lipinski definition) is 1. The molecule has 0 amide bonds. The van der Waals surface area contributed by atoms with Gasteiger partial charge in [0.05, 0.1) is 30.4 Å². The van der Waals surface area contributed by atoms with Crippen LogP contribution in [0.4, 0.5) is 0 Å². The van der Waals surface area contributed by atoms with E-state index in [1.165, 1.54) is 6.33 Å². The lowest BCUT2D eigenvalue weighted by Gasteiger charge is -1.94. The van der Waals surface area contributed by atoms with Gasteiger partial charge in [-0.25, -0.2) is 29.9 Å². The van der Waals surface area contributed by atoms with E-state index in [0.717, 1.165) is 32.1 Å². The molecular formula is C19H13Br3N10. The standard InChI is InChI=1S/C8H5BrN2.C6H5BrN4.C5H3BrN4/c9-7-3-6-1-2-10-5-8(6)11-4-7;1-11-3-9-5-4(11)2-8-6(7)10-5;6-5-9-3-1-7-2-8-4(3)10-5/h1-5H;2-3H,1H3;1-2H,(H,7,8,9,10). The van der Waals surface area contributed by atoms with Crippen molar-refractivity contribution < 1.29 is 0 Å². The molecule has 0 atom stereocenters. The first-order valence-electron chi connectivity index (χ1n) is 8.95. The molecule has 0 spiro atoms. The van der Waals surface area contributed by atoms with E-state index in [0.29, 0.717) is 15.1 Å². The minimum absolute atomic E-state index is 0.573. The Morgan fingerprint density at radius 1 is 0.875 bits per heavy atom. The topological polar surface area (TPSA) is 124 Å². The van der Waals surface area contributed by atoms with Crippen LogP contribution in [0, 0.1) is 0 Å². The van der Waals surface area contributed by atoms with Crippen molar-refractivity contribution in [2.75, 3.05) is 0 Å². The summed E-state index contributed by atoms with van der Waals surface area (Å²) in [5, 5.41) is 1.11. The van der Waals surface area contributed by atoms with Gasteiger partial charge in [0.15, 0.2) is 20.8 Å². The smallest absolute Gasteiger partial charge is 0.198 e. The van der Waals surface area contributed by atoms with Crippen molar-refractivity contribution in [2.24, 2.45) is 7.05 Å². The minimum Gasteiger partial charge on any atom is -0.331 e. The molecule has 10 nitrogen and oxygen atoms in total. The van der Waals surface area contributed by atoms with Crippen LogP contribution in [0.3, 0.4) is 0 Å². The van der Waals surface area contributed by atoms with Crippen molar-refractivity contribution in [3.63, 3.8) is 0 Å². The van der Waals surface area contributed by atoms with E-state index in [2.05, 4.69) is 92.6 Å². The Labute approximate surface area is 206 Å². The fourth-order valence-corrected chi connectivity index (χ4v) is 3.57. The Hall–Kier alpha value is -2.90. The average Bonchev–Trinajstić information content (AvgIpc) is 3.35. The Balaban J connectivity index is 0.000000115. The van der Waals surface area contributed by atoms with Crippen molar-refractivity contribution in [1.29, 1.82) is 0 Å². The van der Waals surface area contributed by atoms with Crippen LogP contribution in [-0.4, -0.2) is 49.4 Å². The fraction of sp³-hybridized carbons (Fsp3) is 0.0526. The van der Waals surface area contributed by atoms with Gasteiger partial charge in [-0.05, 0) is 59.9 Å². The Bertz CT molecular complexity index is 1460. The number of hydrogen-bond acceptors (Lipinski definition) is 8. The molecule has 0 radical (unpaired) electrons. The third kappa shape index (κ3) is 5.47.